The first-order valence-corrected chi connectivity index (χ1v) is 9.49. The Morgan fingerprint density at radius 2 is 2.04 bits per heavy atom. The number of hydrogen-bond donors (Lipinski definition) is 0. The van der Waals surface area contributed by atoms with Gasteiger partial charge in [0.25, 0.3) is 5.91 Å². The van der Waals surface area contributed by atoms with E-state index in [1.807, 2.05) is 15.8 Å². The molecule has 1 atom stereocenters. The van der Waals surface area contributed by atoms with E-state index in [-0.39, 0.29) is 5.91 Å². The minimum Gasteiger partial charge on any atom is -0.348 e. The maximum absolute atomic E-state index is 13.2. The highest BCUT2D eigenvalue weighted by atomic mass is 16.2. The van der Waals surface area contributed by atoms with Crippen LogP contribution in [-0.4, -0.2) is 38.2 Å². The molecule has 1 saturated heterocycles. The first kappa shape index (κ1) is 16.4. The maximum Gasteiger partial charge on any atom is 0.255 e. The van der Waals surface area contributed by atoms with Gasteiger partial charge in [0.15, 0.2) is 0 Å². The van der Waals surface area contributed by atoms with Gasteiger partial charge in [0.1, 0.15) is 0 Å². The zero-order valence-electron chi connectivity index (χ0n) is 15.5. The molecule has 0 radical (unpaired) electrons. The first-order valence-electron chi connectivity index (χ1n) is 9.49. The molecule has 1 aliphatic carbocycles. The van der Waals surface area contributed by atoms with E-state index in [4.69, 9.17) is 0 Å². The number of rotatable bonds is 4. The fourth-order valence-corrected chi connectivity index (χ4v) is 4.02. The molecule has 0 spiro atoms. The van der Waals surface area contributed by atoms with E-state index in [1.54, 1.807) is 0 Å². The molecule has 1 saturated carbocycles. The summed E-state index contributed by atoms with van der Waals surface area (Å²) in [5.41, 5.74) is 4.40. The van der Waals surface area contributed by atoms with Crippen molar-refractivity contribution < 1.29 is 4.79 Å². The predicted octanol–water partition coefficient (Wildman–Crippen LogP) is 3.50. The summed E-state index contributed by atoms with van der Waals surface area (Å²) in [6.45, 7) is 8.96. The van der Waals surface area contributed by atoms with Crippen LogP contribution in [0.15, 0.2) is 18.5 Å². The van der Waals surface area contributed by atoms with Gasteiger partial charge in [-0.25, -0.2) is 0 Å². The third-order valence-corrected chi connectivity index (χ3v) is 5.73. The van der Waals surface area contributed by atoms with Crippen molar-refractivity contribution >= 4 is 5.91 Å². The number of aromatic nitrogens is 3. The minimum absolute atomic E-state index is 0.184. The van der Waals surface area contributed by atoms with Gasteiger partial charge < -0.3 is 9.47 Å². The lowest BCUT2D eigenvalue weighted by molar-refractivity contribution is 0.0672. The van der Waals surface area contributed by atoms with Gasteiger partial charge in [0, 0.05) is 37.2 Å². The average molecular weight is 340 g/mol. The second kappa shape index (κ2) is 6.36. The van der Waals surface area contributed by atoms with E-state index in [9.17, 15) is 4.79 Å². The lowest BCUT2D eigenvalue weighted by Crippen LogP contribution is -2.41. The highest BCUT2D eigenvalue weighted by Gasteiger charge is 2.29. The van der Waals surface area contributed by atoms with Gasteiger partial charge in [-0.05, 0) is 64.0 Å². The number of amides is 1. The van der Waals surface area contributed by atoms with Gasteiger partial charge in [-0.3, -0.25) is 9.48 Å². The molecule has 1 amide bonds. The Hall–Kier alpha value is -2.04. The van der Waals surface area contributed by atoms with Crippen LogP contribution >= 0.6 is 0 Å². The van der Waals surface area contributed by atoms with Crippen LogP contribution in [0, 0.1) is 26.7 Å². The van der Waals surface area contributed by atoms with Crippen LogP contribution < -0.4 is 0 Å². The number of aryl methyl sites for hydroxylation is 2. The van der Waals surface area contributed by atoms with Crippen molar-refractivity contribution in [1.29, 1.82) is 0 Å². The second-order valence-electron chi connectivity index (χ2n) is 7.88. The fourth-order valence-electron chi connectivity index (χ4n) is 4.02. The smallest absolute Gasteiger partial charge is 0.255 e. The highest BCUT2D eigenvalue weighted by molar-refractivity contribution is 5.95. The van der Waals surface area contributed by atoms with E-state index in [0.29, 0.717) is 6.04 Å². The molecule has 0 N–H and O–H groups in total. The average Bonchev–Trinajstić information content (AvgIpc) is 3.27. The summed E-state index contributed by atoms with van der Waals surface area (Å²) in [6, 6.07) is 2.38. The molecule has 134 valence electrons. The Bertz CT molecular complexity index is 784. The van der Waals surface area contributed by atoms with Gasteiger partial charge in [0.05, 0.1) is 17.8 Å². The molecule has 25 heavy (non-hydrogen) atoms. The lowest BCUT2D eigenvalue weighted by Gasteiger charge is -2.33. The Morgan fingerprint density at radius 3 is 2.72 bits per heavy atom. The molecular formula is C20H28N4O. The van der Waals surface area contributed by atoms with E-state index < -0.39 is 0 Å². The van der Waals surface area contributed by atoms with Gasteiger partial charge in [-0.1, -0.05) is 0 Å². The Kier molecular flexibility index (Phi) is 4.18. The number of carbonyl (C=O) groups is 1. The molecule has 4 rings (SSSR count). The van der Waals surface area contributed by atoms with Gasteiger partial charge in [-0.2, -0.15) is 5.10 Å². The molecular weight excluding hydrogens is 312 g/mol. The van der Waals surface area contributed by atoms with E-state index in [2.05, 4.69) is 42.7 Å². The van der Waals surface area contributed by atoms with Gasteiger partial charge in [0.2, 0.25) is 0 Å². The van der Waals surface area contributed by atoms with E-state index in [1.165, 1.54) is 24.1 Å². The molecule has 0 bridgehead atoms. The van der Waals surface area contributed by atoms with Crippen LogP contribution in [0.3, 0.4) is 0 Å². The SMILES string of the molecule is Cc1cnn([C@@H]2CCCN(C(=O)c3cc(C)n(CC4CC4)c3C)C2)c1. The van der Waals surface area contributed by atoms with Crippen molar-refractivity contribution in [2.75, 3.05) is 13.1 Å². The molecule has 2 aliphatic rings. The van der Waals surface area contributed by atoms with E-state index >= 15 is 0 Å². The molecule has 2 aromatic heterocycles. The molecule has 5 heteroatoms. The zero-order chi connectivity index (χ0) is 17.6. The van der Waals surface area contributed by atoms with Crippen LogP contribution in [0.5, 0.6) is 0 Å². The van der Waals surface area contributed by atoms with Crippen molar-refractivity contribution in [2.24, 2.45) is 5.92 Å². The van der Waals surface area contributed by atoms with Crippen LogP contribution in [-0.2, 0) is 6.54 Å². The van der Waals surface area contributed by atoms with Crippen molar-refractivity contribution in [2.45, 2.75) is 59.0 Å². The topological polar surface area (TPSA) is 43.1 Å². The minimum atomic E-state index is 0.184. The second-order valence-corrected chi connectivity index (χ2v) is 7.88. The Labute approximate surface area is 149 Å². The van der Waals surface area contributed by atoms with Crippen LogP contribution in [0.1, 0.15) is 59.0 Å². The number of carbonyl (C=O) groups excluding carboxylic acids is 1. The summed E-state index contributed by atoms with van der Waals surface area (Å²) in [6.07, 6.45) is 8.77. The van der Waals surface area contributed by atoms with Crippen molar-refractivity contribution in [3.63, 3.8) is 0 Å². The summed E-state index contributed by atoms with van der Waals surface area (Å²) in [4.78, 5) is 15.2. The van der Waals surface area contributed by atoms with Gasteiger partial charge in [-0.15, -0.1) is 0 Å². The Balaban J connectivity index is 1.52. The number of hydrogen-bond acceptors (Lipinski definition) is 2. The molecule has 1 aliphatic heterocycles. The third-order valence-electron chi connectivity index (χ3n) is 5.73. The predicted molar refractivity (Wildman–Crippen MR) is 97.8 cm³/mol. The first-order chi connectivity index (χ1) is 12.0. The third kappa shape index (κ3) is 3.24. The zero-order valence-corrected chi connectivity index (χ0v) is 15.5. The number of likely N-dealkylation sites (tertiary alicyclic amines) is 1. The Morgan fingerprint density at radius 1 is 1.24 bits per heavy atom. The number of piperidine rings is 1. The normalized spacial score (nSPS) is 20.9. The lowest BCUT2D eigenvalue weighted by atomic mass is 10.0. The highest BCUT2D eigenvalue weighted by Crippen LogP contribution is 2.32. The summed E-state index contributed by atoms with van der Waals surface area (Å²) >= 11 is 0. The molecule has 5 nitrogen and oxygen atoms in total. The molecule has 2 aromatic rings. The molecule has 0 unspecified atom stereocenters. The summed E-state index contributed by atoms with van der Waals surface area (Å²) < 4.78 is 4.37. The van der Waals surface area contributed by atoms with Crippen LogP contribution in [0.25, 0.3) is 0 Å². The molecule has 2 fully saturated rings. The maximum atomic E-state index is 13.2. The summed E-state index contributed by atoms with van der Waals surface area (Å²) in [5, 5.41) is 4.46. The number of nitrogens with zero attached hydrogens (tertiary/aromatic N) is 4. The quantitative estimate of drug-likeness (QED) is 0.855. The standard InChI is InChI=1S/C20H28N4O/c1-14-10-21-24(11-14)18-5-4-8-22(13-18)20(25)19-9-15(2)23(16(19)3)12-17-6-7-17/h9-11,17-18H,4-8,12-13H2,1-3H3/t18-/m1/s1. The monoisotopic (exact) mass is 340 g/mol. The van der Waals surface area contributed by atoms with Gasteiger partial charge >= 0.3 is 0 Å². The summed E-state index contributed by atoms with van der Waals surface area (Å²) in [5.74, 6) is 0.999. The molecule has 3 heterocycles. The van der Waals surface area contributed by atoms with Crippen molar-refractivity contribution in [3.8, 4) is 0 Å². The largest absolute Gasteiger partial charge is 0.348 e. The summed E-state index contributed by atoms with van der Waals surface area (Å²) in [7, 11) is 0. The van der Waals surface area contributed by atoms with E-state index in [0.717, 1.165) is 49.7 Å². The van der Waals surface area contributed by atoms with Crippen molar-refractivity contribution in [3.05, 3.63) is 41.0 Å². The van der Waals surface area contributed by atoms with Crippen molar-refractivity contribution in [1.82, 2.24) is 19.2 Å². The fraction of sp³-hybridized carbons (Fsp3) is 0.600. The molecule has 0 aromatic carbocycles. The van der Waals surface area contributed by atoms with Crippen LogP contribution in [0.4, 0.5) is 0 Å². The van der Waals surface area contributed by atoms with Crippen LogP contribution in [0.2, 0.25) is 0 Å².